The van der Waals surface area contributed by atoms with Crippen LogP contribution in [0.3, 0.4) is 0 Å². The number of likely N-dealkylation sites (N-methyl/N-ethyl adjacent to an activating group) is 1. The van der Waals surface area contributed by atoms with Crippen LogP contribution in [0.2, 0.25) is 0 Å². The third kappa shape index (κ3) is 1.45. The van der Waals surface area contributed by atoms with E-state index in [0.29, 0.717) is 6.42 Å². The number of aliphatic hydroxyl groups is 1. The molecule has 0 aromatic carbocycles. The molecule has 0 saturated heterocycles. The molecule has 0 aliphatic heterocycles. The SMILES string of the molecule is CNC1=C(Cl)C[CH]C(O)=C1. The molecule has 1 radical (unpaired) electrons. The fourth-order valence-corrected chi connectivity index (χ4v) is 1.02. The van der Waals surface area contributed by atoms with E-state index in [9.17, 15) is 0 Å². The molecule has 2 N–H and O–H groups in total. The number of halogens is 1. The zero-order chi connectivity index (χ0) is 7.56. The summed E-state index contributed by atoms with van der Waals surface area (Å²) < 4.78 is 0. The number of rotatable bonds is 1. The standard InChI is InChI=1S/C7H9ClNO/c1-9-7-4-5(10)2-3-6(7)8/h2,4,9-10H,3H2,1H3. The van der Waals surface area contributed by atoms with Gasteiger partial charge in [0.05, 0.1) is 11.5 Å². The molecule has 3 heteroatoms. The van der Waals surface area contributed by atoms with Crippen LogP contribution >= 0.6 is 11.6 Å². The molecule has 0 fully saturated rings. The summed E-state index contributed by atoms with van der Waals surface area (Å²) in [5.74, 6) is 0.272. The number of aliphatic hydroxyl groups excluding tert-OH is 1. The maximum atomic E-state index is 9.00. The maximum Gasteiger partial charge on any atom is 0.0985 e. The summed E-state index contributed by atoms with van der Waals surface area (Å²) in [5, 5.41) is 12.6. The van der Waals surface area contributed by atoms with Crippen molar-refractivity contribution in [2.45, 2.75) is 6.42 Å². The van der Waals surface area contributed by atoms with Crippen LogP contribution in [-0.4, -0.2) is 12.2 Å². The largest absolute Gasteiger partial charge is 0.512 e. The van der Waals surface area contributed by atoms with E-state index in [2.05, 4.69) is 5.32 Å². The summed E-state index contributed by atoms with van der Waals surface area (Å²) in [6.07, 6.45) is 3.88. The summed E-state index contributed by atoms with van der Waals surface area (Å²) in [4.78, 5) is 0. The van der Waals surface area contributed by atoms with E-state index in [1.54, 1.807) is 19.5 Å². The van der Waals surface area contributed by atoms with Gasteiger partial charge in [-0.2, -0.15) is 0 Å². The summed E-state index contributed by atoms with van der Waals surface area (Å²) in [7, 11) is 1.77. The van der Waals surface area contributed by atoms with Gasteiger partial charge in [0.25, 0.3) is 0 Å². The average molecular weight is 159 g/mol. The van der Waals surface area contributed by atoms with E-state index in [0.717, 1.165) is 10.7 Å². The molecule has 0 amide bonds. The Morgan fingerprint density at radius 3 is 2.90 bits per heavy atom. The minimum atomic E-state index is 0.272. The topological polar surface area (TPSA) is 32.3 Å². The van der Waals surface area contributed by atoms with Gasteiger partial charge in [-0.25, -0.2) is 0 Å². The molecule has 0 spiro atoms. The molecule has 0 unspecified atom stereocenters. The van der Waals surface area contributed by atoms with Gasteiger partial charge in [-0.15, -0.1) is 0 Å². The third-order valence-corrected chi connectivity index (χ3v) is 1.70. The van der Waals surface area contributed by atoms with Crippen molar-refractivity contribution in [2.24, 2.45) is 0 Å². The van der Waals surface area contributed by atoms with Crippen LogP contribution < -0.4 is 5.32 Å². The van der Waals surface area contributed by atoms with Gasteiger partial charge in [0.15, 0.2) is 0 Å². The fourth-order valence-electron chi connectivity index (χ4n) is 0.797. The summed E-state index contributed by atoms with van der Waals surface area (Å²) in [6, 6.07) is 0. The van der Waals surface area contributed by atoms with Gasteiger partial charge in [0.1, 0.15) is 0 Å². The summed E-state index contributed by atoms with van der Waals surface area (Å²) in [6.45, 7) is 0. The monoisotopic (exact) mass is 158 g/mol. The third-order valence-electron chi connectivity index (χ3n) is 1.34. The molecule has 1 aliphatic rings. The molecule has 0 saturated carbocycles. The van der Waals surface area contributed by atoms with Crippen molar-refractivity contribution in [1.82, 2.24) is 5.32 Å². The van der Waals surface area contributed by atoms with Gasteiger partial charge >= 0.3 is 0 Å². The second-order valence-electron chi connectivity index (χ2n) is 2.05. The molecular formula is C7H9ClNO. The normalized spacial score (nSPS) is 18.8. The first kappa shape index (κ1) is 7.48. The van der Waals surface area contributed by atoms with Crippen LogP contribution in [0, 0.1) is 6.42 Å². The van der Waals surface area contributed by atoms with Gasteiger partial charge in [0.2, 0.25) is 0 Å². The number of allylic oxidation sites excluding steroid dienone is 3. The first-order valence-electron chi connectivity index (χ1n) is 3.04. The van der Waals surface area contributed by atoms with Crippen molar-refractivity contribution in [2.75, 3.05) is 7.05 Å². The highest BCUT2D eigenvalue weighted by Gasteiger charge is 2.09. The molecule has 0 bridgehead atoms. The van der Waals surface area contributed by atoms with Crippen molar-refractivity contribution < 1.29 is 5.11 Å². The Morgan fingerprint density at radius 1 is 1.70 bits per heavy atom. The molecule has 10 heavy (non-hydrogen) atoms. The average Bonchev–Trinajstić information content (AvgIpc) is 1.94. The zero-order valence-electron chi connectivity index (χ0n) is 5.69. The van der Waals surface area contributed by atoms with Gasteiger partial charge < -0.3 is 10.4 Å². The molecule has 0 aromatic heterocycles. The minimum Gasteiger partial charge on any atom is -0.512 e. The predicted octanol–water partition coefficient (Wildman–Crippen LogP) is 1.71. The Bertz CT molecular complexity index is 196. The fraction of sp³-hybridized carbons (Fsp3) is 0.286. The smallest absolute Gasteiger partial charge is 0.0985 e. The minimum absolute atomic E-state index is 0.272. The van der Waals surface area contributed by atoms with Gasteiger partial charge in [-0.1, -0.05) is 11.6 Å². The summed E-state index contributed by atoms with van der Waals surface area (Å²) >= 11 is 5.78. The molecule has 1 rings (SSSR count). The molecule has 0 heterocycles. The van der Waals surface area contributed by atoms with Crippen molar-refractivity contribution in [3.05, 3.63) is 29.0 Å². The van der Waals surface area contributed by atoms with Crippen LogP contribution in [0.4, 0.5) is 0 Å². The van der Waals surface area contributed by atoms with E-state index < -0.39 is 0 Å². The quantitative estimate of drug-likeness (QED) is 0.609. The number of hydrogen-bond acceptors (Lipinski definition) is 2. The first-order chi connectivity index (χ1) is 4.74. The van der Waals surface area contributed by atoms with Gasteiger partial charge in [-0.3, -0.25) is 0 Å². The van der Waals surface area contributed by atoms with Crippen molar-refractivity contribution in [3.63, 3.8) is 0 Å². The maximum absolute atomic E-state index is 9.00. The highest BCUT2D eigenvalue weighted by atomic mass is 35.5. The second kappa shape index (κ2) is 2.97. The second-order valence-corrected chi connectivity index (χ2v) is 2.50. The van der Waals surface area contributed by atoms with Crippen molar-refractivity contribution >= 4 is 11.6 Å². The summed E-state index contributed by atoms with van der Waals surface area (Å²) in [5.41, 5.74) is 0.793. The lowest BCUT2D eigenvalue weighted by molar-refractivity contribution is 0.415. The van der Waals surface area contributed by atoms with Gasteiger partial charge in [-0.05, 0) is 6.42 Å². The molecule has 1 aliphatic carbocycles. The molecular weight excluding hydrogens is 150 g/mol. The highest BCUT2D eigenvalue weighted by Crippen LogP contribution is 2.22. The van der Waals surface area contributed by atoms with Crippen LogP contribution in [0.5, 0.6) is 0 Å². The number of hydrogen-bond donors (Lipinski definition) is 2. The van der Waals surface area contributed by atoms with Crippen LogP contribution in [-0.2, 0) is 0 Å². The van der Waals surface area contributed by atoms with Crippen LogP contribution in [0.15, 0.2) is 22.6 Å². The first-order valence-corrected chi connectivity index (χ1v) is 3.42. The Morgan fingerprint density at radius 2 is 2.40 bits per heavy atom. The van der Waals surface area contributed by atoms with Crippen LogP contribution in [0.1, 0.15) is 6.42 Å². The Balaban J connectivity index is 2.82. The molecule has 0 aromatic rings. The van der Waals surface area contributed by atoms with E-state index in [-0.39, 0.29) is 5.76 Å². The van der Waals surface area contributed by atoms with Crippen molar-refractivity contribution in [3.8, 4) is 0 Å². The number of nitrogens with one attached hydrogen (secondary N) is 1. The molecule has 0 atom stereocenters. The highest BCUT2D eigenvalue weighted by molar-refractivity contribution is 6.30. The van der Waals surface area contributed by atoms with E-state index in [1.165, 1.54) is 0 Å². The predicted molar refractivity (Wildman–Crippen MR) is 41.6 cm³/mol. The lowest BCUT2D eigenvalue weighted by Gasteiger charge is -2.11. The Hall–Kier alpha value is -0.630. The Kier molecular flexibility index (Phi) is 2.22. The molecule has 2 nitrogen and oxygen atoms in total. The van der Waals surface area contributed by atoms with E-state index in [1.807, 2.05) is 0 Å². The lowest BCUT2D eigenvalue weighted by atomic mass is 10.1. The molecule has 55 valence electrons. The van der Waals surface area contributed by atoms with Crippen molar-refractivity contribution in [1.29, 1.82) is 0 Å². The van der Waals surface area contributed by atoms with E-state index >= 15 is 0 Å². The van der Waals surface area contributed by atoms with Gasteiger partial charge in [0, 0.05) is 24.6 Å². The Labute approximate surface area is 65.2 Å². The zero-order valence-corrected chi connectivity index (χ0v) is 6.44. The van der Waals surface area contributed by atoms with E-state index in [4.69, 9.17) is 16.7 Å². The lowest BCUT2D eigenvalue weighted by Crippen LogP contribution is -2.09. The van der Waals surface area contributed by atoms with Crippen LogP contribution in [0.25, 0.3) is 0 Å².